The second kappa shape index (κ2) is 6.25. The molecule has 7 heteroatoms. The van der Waals surface area contributed by atoms with E-state index in [1.807, 2.05) is 36.4 Å². The number of amides is 1. The van der Waals surface area contributed by atoms with E-state index in [0.717, 1.165) is 11.1 Å². The number of carboxylic acid groups (broad SMARTS) is 1. The van der Waals surface area contributed by atoms with Crippen LogP contribution in [0.3, 0.4) is 0 Å². The fourth-order valence-electron chi connectivity index (χ4n) is 3.61. The number of benzene rings is 2. The lowest BCUT2D eigenvalue weighted by Crippen LogP contribution is -2.29. The molecule has 0 radical (unpaired) electrons. The van der Waals surface area contributed by atoms with Gasteiger partial charge in [0.05, 0.1) is 11.4 Å². The Balaban J connectivity index is 1.62. The molecule has 26 heavy (non-hydrogen) atoms. The van der Waals surface area contributed by atoms with Crippen molar-refractivity contribution in [3.63, 3.8) is 0 Å². The zero-order chi connectivity index (χ0) is 18.3. The van der Waals surface area contributed by atoms with Crippen molar-refractivity contribution in [2.24, 2.45) is 13.0 Å². The van der Waals surface area contributed by atoms with Crippen LogP contribution in [0.25, 0.3) is 11.0 Å². The molecule has 2 aromatic carbocycles. The van der Waals surface area contributed by atoms with Gasteiger partial charge < -0.3 is 10.0 Å². The van der Waals surface area contributed by atoms with Crippen molar-refractivity contribution in [2.45, 2.75) is 5.92 Å². The average Bonchev–Trinajstić information content (AvgIpc) is 3.26. The number of carbonyl (C=O) groups is 2. The number of likely N-dealkylation sites (tertiary alicyclic amines) is 1. The van der Waals surface area contributed by atoms with Gasteiger partial charge in [-0.2, -0.15) is 0 Å². The molecule has 132 valence electrons. The molecule has 4 rings (SSSR count). The maximum atomic E-state index is 12.9. The molecule has 2 atom stereocenters. The van der Waals surface area contributed by atoms with E-state index in [0.29, 0.717) is 17.6 Å². The van der Waals surface area contributed by atoms with Gasteiger partial charge in [0.25, 0.3) is 5.91 Å². The molecule has 0 bridgehead atoms. The lowest BCUT2D eigenvalue weighted by atomic mass is 9.89. The Kier molecular flexibility index (Phi) is 3.91. The monoisotopic (exact) mass is 350 g/mol. The van der Waals surface area contributed by atoms with Gasteiger partial charge in [0.2, 0.25) is 0 Å². The molecule has 0 saturated carbocycles. The van der Waals surface area contributed by atoms with Crippen molar-refractivity contribution < 1.29 is 14.7 Å². The fraction of sp³-hybridized carbons (Fsp3) is 0.263. The van der Waals surface area contributed by atoms with Gasteiger partial charge in [-0.1, -0.05) is 35.5 Å². The molecule has 1 N–H and O–H groups in total. The Morgan fingerprint density at radius 2 is 1.88 bits per heavy atom. The van der Waals surface area contributed by atoms with Crippen LogP contribution in [0.2, 0.25) is 0 Å². The highest BCUT2D eigenvalue weighted by Gasteiger charge is 2.40. The maximum absolute atomic E-state index is 12.9. The van der Waals surface area contributed by atoms with Crippen LogP contribution in [-0.4, -0.2) is 50.0 Å². The topological polar surface area (TPSA) is 88.3 Å². The zero-order valence-corrected chi connectivity index (χ0v) is 14.2. The molecule has 7 nitrogen and oxygen atoms in total. The summed E-state index contributed by atoms with van der Waals surface area (Å²) in [6.45, 7) is 0.588. The minimum atomic E-state index is -0.876. The van der Waals surface area contributed by atoms with Crippen LogP contribution < -0.4 is 0 Å². The average molecular weight is 350 g/mol. The second-order valence-electron chi connectivity index (χ2n) is 6.59. The summed E-state index contributed by atoms with van der Waals surface area (Å²) in [6.07, 6.45) is 0. The minimum Gasteiger partial charge on any atom is -0.481 e. The normalized spacial score (nSPS) is 19.8. The van der Waals surface area contributed by atoms with Crippen molar-refractivity contribution in [1.29, 1.82) is 0 Å². The molecular weight excluding hydrogens is 332 g/mol. The number of aliphatic carboxylic acids is 1. The lowest BCUT2D eigenvalue weighted by Gasteiger charge is -2.16. The van der Waals surface area contributed by atoms with E-state index in [1.54, 1.807) is 28.8 Å². The molecule has 1 aromatic heterocycles. The van der Waals surface area contributed by atoms with E-state index in [4.69, 9.17) is 0 Å². The van der Waals surface area contributed by atoms with Gasteiger partial charge >= 0.3 is 5.97 Å². The van der Waals surface area contributed by atoms with Crippen LogP contribution >= 0.6 is 0 Å². The van der Waals surface area contributed by atoms with Gasteiger partial charge in [0.15, 0.2) is 0 Å². The summed E-state index contributed by atoms with van der Waals surface area (Å²) in [5.74, 6) is -1.87. The van der Waals surface area contributed by atoms with Crippen molar-refractivity contribution in [1.82, 2.24) is 19.9 Å². The van der Waals surface area contributed by atoms with Crippen molar-refractivity contribution >= 4 is 22.9 Å². The van der Waals surface area contributed by atoms with E-state index in [-0.39, 0.29) is 18.4 Å². The summed E-state index contributed by atoms with van der Waals surface area (Å²) >= 11 is 0. The summed E-state index contributed by atoms with van der Waals surface area (Å²) in [4.78, 5) is 26.2. The Bertz CT molecular complexity index is 983. The van der Waals surface area contributed by atoms with Crippen LogP contribution in [0.1, 0.15) is 21.8 Å². The Labute approximate surface area is 149 Å². The Morgan fingerprint density at radius 1 is 1.12 bits per heavy atom. The molecule has 2 unspecified atom stereocenters. The Hall–Kier alpha value is -3.22. The Morgan fingerprint density at radius 3 is 2.62 bits per heavy atom. The third kappa shape index (κ3) is 2.71. The molecule has 2 heterocycles. The highest BCUT2D eigenvalue weighted by atomic mass is 16.4. The van der Waals surface area contributed by atoms with Gasteiger partial charge in [-0.25, -0.2) is 4.68 Å². The minimum absolute atomic E-state index is 0.178. The summed E-state index contributed by atoms with van der Waals surface area (Å²) < 4.78 is 1.64. The molecule has 1 aliphatic rings. The number of hydrogen-bond donors (Lipinski definition) is 1. The lowest BCUT2D eigenvalue weighted by molar-refractivity contribution is -0.141. The van der Waals surface area contributed by atoms with Gasteiger partial charge in [0, 0.05) is 31.6 Å². The zero-order valence-electron chi connectivity index (χ0n) is 14.2. The fourth-order valence-corrected chi connectivity index (χ4v) is 3.61. The molecule has 0 spiro atoms. The number of carbonyl (C=O) groups excluding carboxylic acids is 1. The third-order valence-electron chi connectivity index (χ3n) is 5.01. The number of nitrogens with zero attached hydrogens (tertiary/aromatic N) is 4. The SMILES string of the molecule is Cn1nnc2cc(C(=O)N3CC(C(=O)O)C(c4ccccc4)C3)ccc21. The summed E-state index contributed by atoms with van der Waals surface area (Å²) in [7, 11) is 1.79. The van der Waals surface area contributed by atoms with Crippen LogP contribution in [0, 0.1) is 5.92 Å². The van der Waals surface area contributed by atoms with Gasteiger partial charge in [-0.15, -0.1) is 5.10 Å². The number of aromatic nitrogens is 3. The van der Waals surface area contributed by atoms with Crippen LogP contribution in [0.15, 0.2) is 48.5 Å². The second-order valence-corrected chi connectivity index (χ2v) is 6.59. The molecule has 1 fully saturated rings. The third-order valence-corrected chi connectivity index (χ3v) is 5.01. The van der Waals surface area contributed by atoms with Crippen molar-refractivity contribution in [3.05, 3.63) is 59.7 Å². The molecule has 1 saturated heterocycles. The molecule has 1 amide bonds. The van der Waals surface area contributed by atoms with Gasteiger partial charge in [0.1, 0.15) is 5.52 Å². The number of rotatable bonds is 3. The standard InChI is InChI=1S/C19H18N4O3/c1-22-17-8-7-13(9-16(17)20-21-22)18(24)23-10-14(15(11-23)19(25)26)12-5-3-2-4-6-12/h2-9,14-15H,10-11H2,1H3,(H,25,26). The van der Waals surface area contributed by atoms with Crippen LogP contribution in [0.4, 0.5) is 0 Å². The predicted octanol–water partition coefficient (Wildman–Crippen LogP) is 1.91. The summed E-state index contributed by atoms with van der Waals surface area (Å²) in [5.41, 5.74) is 2.93. The molecular formula is C19H18N4O3. The van der Waals surface area contributed by atoms with Gasteiger partial charge in [-0.3, -0.25) is 9.59 Å². The first kappa shape index (κ1) is 16.3. The largest absolute Gasteiger partial charge is 0.481 e. The van der Waals surface area contributed by atoms with Crippen molar-refractivity contribution in [2.75, 3.05) is 13.1 Å². The van der Waals surface area contributed by atoms with E-state index >= 15 is 0 Å². The van der Waals surface area contributed by atoms with E-state index in [9.17, 15) is 14.7 Å². The highest BCUT2D eigenvalue weighted by Crippen LogP contribution is 2.33. The van der Waals surface area contributed by atoms with Crippen molar-refractivity contribution in [3.8, 4) is 0 Å². The first-order valence-corrected chi connectivity index (χ1v) is 8.41. The van der Waals surface area contributed by atoms with E-state index in [2.05, 4.69) is 10.3 Å². The van der Waals surface area contributed by atoms with E-state index in [1.165, 1.54) is 0 Å². The quantitative estimate of drug-likeness (QED) is 0.779. The molecule has 3 aromatic rings. The number of aryl methyl sites for hydroxylation is 1. The van der Waals surface area contributed by atoms with E-state index < -0.39 is 11.9 Å². The molecule has 0 aliphatic carbocycles. The highest BCUT2D eigenvalue weighted by molar-refractivity contribution is 5.97. The summed E-state index contributed by atoms with van der Waals surface area (Å²) in [6, 6.07) is 14.8. The number of hydrogen-bond acceptors (Lipinski definition) is 4. The van der Waals surface area contributed by atoms with Crippen LogP contribution in [0.5, 0.6) is 0 Å². The smallest absolute Gasteiger partial charge is 0.308 e. The van der Waals surface area contributed by atoms with Crippen LogP contribution in [-0.2, 0) is 11.8 Å². The summed E-state index contributed by atoms with van der Waals surface area (Å²) in [5, 5.41) is 17.6. The maximum Gasteiger partial charge on any atom is 0.308 e. The first-order valence-electron chi connectivity index (χ1n) is 8.41. The van der Waals surface area contributed by atoms with Gasteiger partial charge in [-0.05, 0) is 23.8 Å². The first-order chi connectivity index (χ1) is 12.5. The number of fused-ring (bicyclic) bond motifs is 1. The predicted molar refractivity (Wildman–Crippen MR) is 94.7 cm³/mol. The number of carboxylic acids is 1. The molecule has 1 aliphatic heterocycles.